The molecule has 5 nitrogen and oxygen atoms in total. The van der Waals surface area contributed by atoms with Crippen LogP contribution in [0.25, 0.3) is 0 Å². The van der Waals surface area contributed by atoms with Gasteiger partial charge in [0.1, 0.15) is 0 Å². The Kier molecular flexibility index (Phi) is 4.80. The van der Waals surface area contributed by atoms with Crippen LogP contribution >= 0.6 is 0 Å². The third kappa shape index (κ3) is 3.93. The van der Waals surface area contributed by atoms with Crippen LogP contribution in [0.1, 0.15) is 45.4 Å². The van der Waals surface area contributed by atoms with Crippen molar-refractivity contribution in [3.8, 4) is 0 Å². The summed E-state index contributed by atoms with van der Waals surface area (Å²) in [5.41, 5.74) is 5.38. The van der Waals surface area contributed by atoms with Crippen LogP contribution in [0.15, 0.2) is 0 Å². The highest BCUT2D eigenvalue weighted by Gasteiger charge is 2.35. The molecule has 4 atom stereocenters. The van der Waals surface area contributed by atoms with Gasteiger partial charge in [-0.1, -0.05) is 12.8 Å². The lowest BCUT2D eigenvalue weighted by molar-refractivity contribution is -0.134. The lowest BCUT2D eigenvalue weighted by atomic mass is 9.78. The number of carbonyl (C=O) groups excluding carboxylic acids is 2. The molecule has 2 rings (SSSR count). The van der Waals surface area contributed by atoms with E-state index in [4.69, 9.17) is 10.5 Å². The predicted molar refractivity (Wildman–Crippen MR) is 71.2 cm³/mol. The largest absolute Gasteiger partial charge is 0.370 e. The zero-order valence-electron chi connectivity index (χ0n) is 11.6. The maximum absolute atomic E-state index is 12.1. The summed E-state index contributed by atoms with van der Waals surface area (Å²) >= 11 is 0. The number of rotatable bonds is 6. The number of hydrogen-bond acceptors (Lipinski definition) is 3. The van der Waals surface area contributed by atoms with E-state index in [-0.39, 0.29) is 23.7 Å². The summed E-state index contributed by atoms with van der Waals surface area (Å²) in [6.45, 7) is 2.72. The standard InChI is InChI=1S/C14H24N2O3/c1-9-12(19-9)7-4-8-16-14(18)11-6-3-2-5-10(11)13(15)17/h9-12H,2-8H2,1H3,(H2,15,17)(H,16,18). The molecule has 0 aromatic carbocycles. The second-order valence-electron chi connectivity index (χ2n) is 5.71. The molecule has 0 aromatic rings. The minimum Gasteiger partial charge on any atom is -0.370 e. The number of epoxide rings is 1. The van der Waals surface area contributed by atoms with Gasteiger partial charge < -0.3 is 15.8 Å². The summed E-state index contributed by atoms with van der Waals surface area (Å²) in [5, 5.41) is 2.93. The van der Waals surface area contributed by atoms with Crippen molar-refractivity contribution >= 4 is 11.8 Å². The Labute approximate surface area is 114 Å². The van der Waals surface area contributed by atoms with Crippen molar-refractivity contribution in [1.82, 2.24) is 5.32 Å². The molecule has 2 fully saturated rings. The van der Waals surface area contributed by atoms with Crippen LogP contribution in [-0.2, 0) is 14.3 Å². The van der Waals surface area contributed by atoms with E-state index in [1.807, 2.05) is 0 Å². The van der Waals surface area contributed by atoms with E-state index in [1.165, 1.54) is 0 Å². The zero-order chi connectivity index (χ0) is 13.8. The van der Waals surface area contributed by atoms with Gasteiger partial charge in [0.25, 0.3) is 0 Å². The lowest BCUT2D eigenvalue weighted by Crippen LogP contribution is -2.42. The first kappa shape index (κ1) is 14.3. The molecule has 1 saturated carbocycles. The van der Waals surface area contributed by atoms with E-state index in [0.29, 0.717) is 18.8 Å². The van der Waals surface area contributed by atoms with E-state index in [1.54, 1.807) is 0 Å². The molecule has 1 aliphatic heterocycles. The van der Waals surface area contributed by atoms with Crippen molar-refractivity contribution in [3.63, 3.8) is 0 Å². The Morgan fingerprint density at radius 2 is 1.89 bits per heavy atom. The van der Waals surface area contributed by atoms with Crippen molar-refractivity contribution in [2.45, 2.75) is 57.7 Å². The molecule has 0 aromatic heterocycles. The Hall–Kier alpha value is -1.10. The van der Waals surface area contributed by atoms with Gasteiger partial charge in [0.2, 0.25) is 11.8 Å². The molecule has 2 aliphatic rings. The quantitative estimate of drug-likeness (QED) is 0.556. The number of ether oxygens (including phenoxy) is 1. The second kappa shape index (κ2) is 6.37. The molecule has 1 heterocycles. The van der Waals surface area contributed by atoms with Gasteiger partial charge in [-0.2, -0.15) is 0 Å². The van der Waals surface area contributed by atoms with Crippen molar-refractivity contribution in [2.75, 3.05) is 6.54 Å². The third-order valence-electron chi connectivity index (χ3n) is 4.27. The fourth-order valence-corrected chi connectivity index (χ4v) is 2.96. The van der Waals surface area contributed by atoms with Crippen LogP contribution in [-0.4, -0.2) is 30.6 Å². The first-order valence-electron chi connectivity index (χ1n) is 7.32. The van der Waals surface area contributed by atoms with Gasteiger partial charge in [0.15, 0.2) is 0 Å². The van der Waals surface area contributed by atoms with E-state index in [2.05, 4.69) is 12.2 Å². The normalized spacial score (nSPS) is 33.7. The number of carbonyl (C=O) groups is 2. The van der Waals surface area contributed by atoms with Gasteiger partial charge in [-0.15, -0.1) is 0 Å². The molecule has 1 saturated heterocycles. The van der Waals surface area contributed by atoms with Gasteiger partial charge in [0, 0.05) is 18.4 Å². The van der Waals surface area contributed by atoms with Crippen molar-refractivity contribution in [1.29, 1.82) is 0 Å². The number of nitrogens with two attached hydrogens (primary N) is 1. The van der Waals surface area contributed by atoms with Gasteiger partial charge in [0.05, 0.1) is 12.2 Å². The van der Waals surface area contributed by atoms with E-state index in [9.17, 15) is 9.59 Å². The fourth-order valence-electron chi connectivity index (χ4n) is 2.96. The molecule has 1 aliphatic carbocycles. The zero-order valence-corrected chi connectivity index (χ0v) is 11.6. The van der Waals surface area contributed by atoms with E-state index in [0.717, 1.165) is 38.5 Å². The number of hydrogen-bond donors (Lipinski definition) is 2. The van der Waals surface area contributed by atoms with Gasteiger partial charge >= 0.3 is 0 Å². The first-order chi connectivity index (χ1) is 9.09. The maximum Gasteiger partial charge on any atom is 0.223 e. The Balaban J connectivity index is 1.69. The van der Waals surface area contributed by atoms with E-state index < -0.39 is 0 Å². The highest BCUT2D eigenvalue weighted by Crippen LogP contribution is 2.30. The van der Waals surface area contributed by atoms with Crippen LogP contribution in [0.4, 0.5) is 0 Å². The number of primary amides is 1. The molecule has 5 heteroatoms. The summed E-state index contributed by atoms with van der Waals surface area (Å²) in [6, 6.07) is 0. The molecular weight excluding hydrogens is 244 g/mol. The summed E-state index contributed by atoms with van der Waals surface area (Å²) in [5.74, 6) is -0.837. The predicted octanol–water partition coefficient (Wildman–Crippen LogP) is 0.962. The minimum atomic E-state index is -0.333. The van der Waals surface area contributed by atoms with Crippen molar-refractivity contribution in [2.24, 2.45) is 17.6 Å². The molecule has 0 bridgehead atoms. The fraction of sp³-hybridized carbons (Fsp3) is 0.857. The Morgan fingerprint density at radius 1 is 1.26 bits per heavy atom. The molecular formula is C14H24N2O3. The highest BCUT2D eigenvalue weighted by molar-refractivity contribution is 5.87. The van der Waals surface area contributed by atoms with Gasteiger partial charge in [-0.25, -0.2) is 0 Å². The summed E-state index contributed by atoms with van der Waals surface area (Å²) in [7, 11) is 0. The molecule has 108 valence electrons. The number of nitrogens with one attached hydrogen (secondary N) is 1. The molecule has 2 amide bonds. The molecule has 19 heavy (non-hydrogen) atoms. The molecule has 4 unspecified atom stereocenters. The van der Waals surface area contributed by atoms with Gasteiger partial charge in [-0.05, 0) is 32.6 Å². The lowest BCUT2D eigenvalue weighted by Gasteiger charge is -2.28. The number of amides is 2. The molecule has 0 spiro atoms. The Morgan fingerprint density at radius 3 is 2.47 bits per heavy atom. The monoisotopic (exact) mass is 268 g/mol. The molecule has 3 N–H and O–H groups in total. The van der Waals surface area contributed by atoms with Crippen LogP contribution < -0.4 is 11.1 Å². The van der Waals surface area contributed by atoms with Crippen LogP contribution in [0.2, 0.25) is 0 Å². The third-order valence-corrected chi connectivity index (χ3v) is 4.27. The van der Waals surface area contributed by atoms with E-state index >= 15 is 0 Å². The minimum absolute atomic E-state index is 0.00624. The smallest absolute Gasteiger partial charge is 0.223 e. The van der Waals surface area contributed by atoms with Crippen LogP contribution in [0.5, 0.6) is 0 Å². The summed E-state index contributed by atoms with van der Waals surface area (Å²) in [6.07, 6.45) is 6.21. The average molecular weight is 268 g/mol. The van der Waals surface area contributed by atoms with Gasteiger partial charge in [-0.3, -0.25) is 9.59 Å². The van der Waals surface area contributed by atoms with Crippen LogP contribution in [0, 0.1) is 11.8 Å². The second-order valence-corrected chi connectivity index (χ2v) is 5.71. The first-order valence-corrected chi connectivity index (χ1v) is 7.32. The topological polar surface area (TPSA) is 84.7 Å². The summed E-state index contributed by atoms with van der Waals surface area (Å²) < 4.78 is 5.31. The molecule has 0 radical (unpaired) electrons. The highest BCUT2D eigenvalue weighted by atomic mass is 16.6. The Bertz CT molecular complexity index is 346. The van der Waals surface area contributed by atoms with Crippen molar-refractivity contribution < 1.29 is 14.3 Å². The average Bonchev–Trinajstić information content (AvgIpc) is 3.10. The summed E-state index contributed by atoms with van der Waals surface area (Å²) in [4.78, 5) is 23.4. The van der Waals surface area contributed by atoms with Crippen molar-refractivity contribution in [3.05, 3.63) is 0 Å². The maximum atomic E-state index is 12.1. The van der Waals surface area contributed by atoms with Crippen LogP contribution in [0.3, 0.4) is 0 Å². The SMILES string of the molecule is CC1OC1CCCNC(=O)C1CCCCC1C(N)=O.